The van der Waals surface area contributed by atoms with E-state index in [1.165, 1.54) is 6.07 Å². The van der Waals surface area contributed by atoms with Gasteiger partial charge in [-0.05, 0) is 35.9 Å². The van der Waals surface area contributed by atoms with E-state index >= 15 is 0 Å². The smallest absolute Gasteiger partial charge is 0.280 e. The molecule has 2 N–H and O–H groups in total. The molecule has 2 aromatic carbocycles. The van der Waals surface area contributed by atoms with E-state index < -0.39 is 5.82 Å². The van der Waals surface area contributed by atoms with Crippen LogP contribution in [-0.2, 0) is 11.3 Å². The molecule has 0 atom stereocenters. The van der Waals surface area contributed by atoms with Crippen molar-refractivity contribution in [2.24, 2.45) is 15.9 Å². The topological polar surface area (TPSA) is 115 Å². The number of ether oxygens (including phenoxy) is 1. The molecule has 10 heteroatoms. The number of hydrogen-bond acceptors (Lipinski definition) is 9. The Morgan fingerprint density at radius 3 is 2.58 bits per heavy atom. The van der Waals surface area contributed by atoms with Crippen LogP contribution in [0.3, 0.4) is 0 Å². The molecule has 0 amide bonds. The minimum absolute atomic E-state index is 0.0676. The second kappa shape index (κ2) is 11.0. The molecule has 1 aliphatic rings. The predicted octanol–water partition coefficient (Wildman–Crippen LogP) is 3.59. The molecule has 3 heterocycles. The molecule has 36 heavy (non-hydrogen) atoms. The molecule has 4 aromatic rings. The first kappa shape index (κ1) is 23.5. The monoisotopic (exact) mass is 485 g/mol. The van der Waals surface area contributed by atoms with Crippen LogP contribution in [0, 0.1) is 5.82 Å². The second-order valence-corrected chi connectivity index (χ2v) is 8.14. The van der Waals surface area contributed by atoms with Crippen LogP contribution in [0.25, 0.3) is 11.4 Å². The van der Waals surface area contributed by atoms with E-state index in [1.54, 1.807) is 42.7 Å². The van der Waals surface area contributed by atoms with E-state index in [9.17, 15) is 4.39 Å². The van der Waals surface area contributed by atoms with Crippen molar-refractivity contribution in [3.05, 3.63) is 95.9 Å². The molecule has 0 saturated carbocycles. The molecular weight excluding hydrogens is 461 g/mol. The number of nitrogens with two attached hydrogens (primary N) is 1. The minimum atomic E-state index is -0.483. The summed E-state index contributed by atoms with van der Waals surface area (Å²) < 4.78 is 25.4. The Bertz CT molecular complexity index is 1380. The number of rotatable bonds is 7. The summed E-state index contributed by atoms with van der Waals surface area (Å²) in [6, 6.07) is 17.6. The van der Waals surface area contributed by atoms with E-state index in [0.717, 1.165) is 44.0 Å². The first-order valence-electron chi connectivity index (χ1n) is 11.5. The van der Waals surface area contributed by atoms with Crippen LogP contribution in [0.5, 0.6) is 0 Å². The highest BCUT2D eigenvalue weighted by Crippen LogP contribution is 2.22. The average Bonchev–Trinajstić information content (AvgIpc) is 3.41. The highest BCUT2D eigenvalue weighted by Gasteiger charge is 2.22. The Morgan fingerprint density at radius 1 is 1.00 bits per heavy atom. The number of aliphatic imine (C=N–C) groups is 1. The van der Waals surface area contributed by atoms with Crippen LogP contribution < -0.4 is 5.84 Å². The highest BCUT2D eigenvalue weighted by molar-refractivity contribution is 6.52. The van der Waals surface area contributed by atoms with Gasteiger partial charge in [-0.3, -0.25) is 9.88 Å². The number of hydrazone groups is 1. The molecule has 0 unspecified atom stereocenters. The minimum Gasteiger partial charge on any atom is -0.379 e. The molecule has 0 spiro atoms. The van der Waals surface area contributed by atoms with Crippen molar-refractivity contribution in [2.75, 3.05) is 26.3 Å². The number of nitrogens with zero attached hydrogens (tertiary/aromatic N) is 6. The standard InChI is InChI=1S/C26H24FN7O2/c27-21-6-1-2-7-22(21)30-23(19-8-10-29-11-9-19)24(32-28)26-31-25(33-36-26)20-5-3-4-18(16-20)17-34-12-14-35-15-13-34/h1-11,16H,12-15,17,28H2. The lowest BCUT2D eigenvalue weighted by molar-refractivity contribution is 0.0342. The summed E-state index contributed by atoms with van der Waals surface area (Å²) in [7, 11) is 0. The zero-order valence-electron chi connectivity index (χ0n) is 19.4. The predicted molar refractivity (Wildman–Crippen MR) is 133 cm³/mol. The first-order valence-corrected chi connectivity index (χ1v) is 11.5. The van der Waals surface area contributed by atoms with Crippen LogP contribution in [-0.4, -0.2) is 57.8 Å². The van der Waals surface area contributed by atoms with Gasteiger partial charge in [-0.15, -0.1) is 0 Å². The summed E-state index contributed by atoms with van der Waals surface area (Å²) in [5, 5.41) is 8.04. The van der Waals surface area contributed by atoms with Crippen molar-refractivity contribution < 1.29 is 13.7 Å². The number of hydrogen-bond donors (Lipinski definition) is 1. The molecule has 0 bridgehead atoms. The van der Waals surface area contributed by atoms with Crippen molar-refractivity contribution in [3.8, 4) is 11.4 Å². The van der Waals surface area contributed by atoms with Gasteiger partial charge in [-0.25, -0.2) is 9.38 Å². The van der Waals surface area contributed by atoms with E-state index in [2.05, 4.69) is 36.2 Å². The van der Waals surface area contributed by atoms with E-state index in [-0.39, 0.29) is 23.0 Å². The van der Waals surface area contributed by atoms with Crippen LogP contribution >= 0.6 is 0 Å². The molecule has 0 radical (unpaired) electrons. The summed E-state index contributed by atoms with van der Waals surface area (Å²) in [6.45, 7) is 4.07. The molecule has 9 nitrogen and oxygen atoms in total. The average molecular weight is 486 g/mol. The maximum absolute atomic E-state index is 14.4. The van der Waals surface area contributed by atoms with Crippen LogP contribution in [0.2, 0.25) is 0 Å². The molecule has 1 saturated heterocycles. The summed E-state index contributed by atoms with van der Waals surface area (Å²) in [5.74, 6) is 5.73. The highest BCUT2D eigenvalue weighted by atomic mass is 19.1. The summed E-state index contributed by atoms with van der Waals surface area (Å²) in [5.41, 5.74) is 3.08. The molecule has 182 valence electrons. The fourth-order valence-corrected chi connectivity index (χ4v) is 3.91. The zero-order valence-corrected chi connectivity index (χ0v) is 19.4. The van der Waals surface area contributed by atoms with Gasteiger partial charge in [0.15, 0.2) is 5.71 Å². The Kier molecular flexibility index (Phi) is 7.15. The number of aromatic nitrogens is 3. The normalized spacial score (nSPS) is 15.2. The van der Waals surface area contributed by atoms with E-state index in [1.807, 2.05) is 18.2 Å². The molecule has 1 aliphatic heterocycles. The molecule has 1 fully saturated rings. The number of benzene rings is 2. The van der Waals surface area contributed by atoms with Gasteiger partial charge in [0.1, 0.15) is 11.5 Å². The SMILES string of the molecule is NN=C(C(=Nc1ccccc1F)c1ccncc1)c1nc(-c2cccc(CN3CCOCC3)c2)no1. The molecule has 0 aliphatic carbocycles. The van der Waals surface area contributed by atoms with Crippen molar-refractivity contribution in [1.29, 1.82) is 0 Å². The summed E-state index contributed by atoms with van der Waals surface area (Å²) >= 11 is 0. The van der Waals surface area contributed by atoms with Gasteiger partial charge in [-0.1, -0.05) is 35.5 Å². The van der Waals surface area contributed by atoms with Crippen LogP contribution in [0.1, 0.15) is 17.0 Å². The fourth-order valence-electron chi connectivity index (χ4n) is 3.91. The van der Waals surface area contributed by atoms with Gasteiger partial charge >= 0.3 is 0 Å². The third-order valence-electron chi connectivity index (χ3n) is 5.72. The number of morpholine rings is 1. The van der Waals surface area contributed by atoms with Crippen molar-refractivity contribution in [1.82, 2.24) is 20.0 Å². The maximum Gasteiger partial charge on any atom is 0.280 e. The van der Waals surface area contributed by atoms with Gasteiger partial charge in [-0.2, -0.15) is 10.1 Å². The lowest BCUT2D eigenvalue weighted by Crippen LogP contribution is -2.35. The zero-order chi connectivity index (χ0) is 24.7. The Hall–Kier alpha value is -4.28. The van der Waals surface area contributed by atoms with E-state index in [4.69, 9.17) is 15.1 Å². The third-order valence-corrected chi connectivity index (χ3v) is 5.72. The lowest BCUT2D eigenvalue weighted by atomic mass is 10.1. The van der Waals surface area contributed by atoms with E-state index in [0.29, 0.717) is 11.4 Å². The largest absolute Gasteiger partial charge is 0.379 e. The van der Waals surface area contributed by atoms with Crippen molar-refractivity contribution >= 4 is 17.1 Å². The van der Waals surface area contributed by atoms with Gasteiger partial charge in [0, 0.05) is 43.2 Å². The Labute approximate surface area is 207 Å². The summed E-state index contributed by atoms with van der Waals surface area (Å²) in [4.78, 5) is 15.4. The van der Waals surface area contributed by atoms with Crippen LogP contribution in [0.15, 0.2) is 87.7 Å². The maximum atomic E-state index is 14.4. The van der Waals surface area contributed by atoms with Gasteiger partial charge in [0.2, 0.25) is 5.82 Å². The van der Waals surface area contributed by atoms with Crippen molar-refractivity contribution in [2.45, 2.75) is 6.54 Å². The summed E-state index contributed by atoms with van der Waals surface area (Å²) in [6.07, 6.45) is 3.19. The number of halogens is 1. The van der Waals surface area contributed by atoms with Gasteiger partial charge in [0.05, 0.1) is 18.9 Å². The van der Waals surface area contributed by atoms with Gasteiger partial charge in [0.25, 0.3) is 5.89 Å². The third kappa shape index (κ3) is 5.35. The molecule has 2 aromatic heterocycles. The lowest BCUT2D eigenvalue weighted by Gasteiger charge is -2.26. The first-order chi connectivity index (χ1) is 17.7. The number of para-hydroxylation sites is 1. The quantitative estimate of drug-likeness (QED) is 0.242. The number of pyridine rings is 1. The second-order valence-electron chi connectivity index (χ2n) is 8.14. The fraction of sp³-hybridized carbons (Fsp3) is 0.192. The Morgan fingerprint density at radius 2 is 1.81 bits per heavy atom. The van der Waals surface area contributed by atoms with Gasteiger partial charge < -0.3 is 15.1 Å². The molecular formula is C26H24FN7O2. The van der Waals surface area contributed by atoms with Crippen LogP contribution in [0.4, 0.5) is 10.1 Å². The molecule has 5 rings (SSSR count). The Balaban J connectivity index is 1.47. The van der Waals surface area contributed by atoms with Crippen molar-refractivity contribution in [3.63, 3.8) is 0 Å².